The molecule has 1 atom stereocenters. The third kappa shape index (κ3) is 6.22. The molecule has 1 heterocycles. The van der Waals surface area contributed by atoms with Gasteiger partial charge in [0.05, 0.1) is 0 Å². The normalized spacial score (nSPS) is 19.2. The van der Waals surface area contributed by atoms with Crippen LogP contribution < -0.4 is 16.2 Å². The topological polar surface area (TPSA) is 77.2 Å². The number of anilines is 1. The monoisotopic (exact) mass is 486 g/mol. The first-order valence-corrected chi connectivity index (χ1v) is 12.7. The molecule has 1 aromatic heterocycles. The summed E-state index contributed by atoms with van der Waals surface area (Å²) in [4.78, 5) is 30.6. The summed E-state index contributed by atoms with van der Waals surface area (Å²) in [6, 6.07) is 6.51. The summed E-state index contributed by atoms with van der Waals surface area (Å²) < 4.78 is 0. The van der Waals surface area contributed by atoms with Crippen LogP contribution in [0.4, 0.5) is 5.69 Å². The van der Waals surface area contributed by atoms with Crippen LogP contribution in [0.3, 0.4) is 0 Å². The lowest BCUT2D eigenvalue weighted by Gasteiger charge is -2.36. The number of hydrogen-bond acceptors (Lipinski definition) is 4. The number of aromatic amines is 1. The van der Waals surface area contributed by atoms with Crippen LogP contribution in [-0.2, 0) is 13.0 Å². The Morgan fingerprint density at radius 1 is 1.15 bits per heavy atom. The Bertz CT molecular complexity index is 1070. The van der Waals surface area contributed by atoms with Crippen molar-refractivity contribution in [2.24, 2.45) is 5.92 Å². The molecule has 0 bridgehead atoms. The van der Waals surface area contributed by atoms with Crippen molar-refractivity contribution in [2.75, 3.05) is 19.4 Å². The van der Waals surface area contributed by atoms with Gasteiger partial charge in [0.1, 0.15) is 0 Å². The molecule has 34 heavy (non-hydrogen) atoms. The van der Waals surface area contributed by atoms with E-state index in [2.05, 4.69) is 41.5 Å². The van der Waals surface area contributed by atoms with Crippen molar-refractivity contribution >= 4 is 23.2 Å². The number of aromatic nitrogens is 1. The largest absolute Gasteiger partial charge is 0.382 e. The molecule has 0 saturated heterocycles. The SMILES string of the molecule is CCc1c(NC(C)C2CCC(N(C)C)CC2)cc(Cl)cc1C(=O)NCc1c(C)cc(C)[nH]c1=O. The predicted molar refractivity (Wildman–Crippen MR) is 141 cm³/mol. The van der Waals surface area contributed by atoms with Crippen LogP contribution in [0.5, 0.6) is 0 Å². The van der Waals surface area contributed by atoms with Gasteiger partial charge in [-0.1, -0.05) is 18.5 Å². The van der Waals surface area contributed by atoms with Crippen LogP contribution in [0.15, 0.2) is 23.0 Å². The summed E-state index contributed by atoms with van der Waals surface area (Å²) in [5, 5.41) is 7.13. The number of nitrogens with zero attached hydrogens (tertiary/aromatic N) is 1. The predicted octanol–water partition coefficient (Wildman–Crippen LogP) is 5.06. The standard InChI is InChI=1S/C27H39ClN4O2/c1-7-22-23(26(33)29-15-24-16(2)12-17(3)30-27(24)34)13-20(28)14-25(22)31-18(4)19-8-10-21(11-9-19)32(5)6/h12-14,18-19,21,31H,7-11,15H2,1-6H3,(H,29,33)(H,30,34). The van der Waals surface area contributed by atoms with Gasteiger partial charge in [-0.3, -0.25) is 9.59 Å². The minimum absolute atomic E-state index is 0.167. The maximum absolute atomic E-state index is 13.2. The van der Waals surface area contributed by atoms with Crippen molar-refractivity contribution < 1.29 is 4.79 Å². The van der Waals surface area contributed by atoms with Gasteiger partial charge in [-0.05, 0) is 102 Å². The molecule has 2 aromatic rings. The van der Waals surface area contributed by atoms with Crippen molar-refractivity contribution in [3.63, 3.8) is 0 Å². The van der Waals surface area contributed by atoms with Crippen molar-refractivity contribution in [3.8, 4) is 0 Å². The van der Waals surface area contributed by atoms with E-state index in [1.165, 1.54) is 25.7 Å². The quantitative estimate of drug-likeness (QED) is 0.487. The average molecular weight is 487 g/mol. The molecule has 0 radical (unpaired) electrons. The smallest absolute Gasteiger partial charge is 0.253 e. The van der Waals surface area contributed by atoms with Crippen LogP contribution in [-0.4, -0.2) is 42.0 Å². The summed E-state index contributed by atoms with van der Waals surface area (Å²) in [5.74, 6) is 0.370. The first-order chi connectivity index (χ1) is 16.1. The van der Waals surface area contributed by atoms with E-state index >= 15 is 0 Å². The zero-order chi connectivity index (χ0) is 25.0. The maximum Gasteiger partial charge on any atom is 0.253 e. The van der Waals surface area contributed by atoms with E-state index in [9.17, 15) is 9.59 Å². The number of carbonyl (C=O) groups excluding carboxylic acids is 1. The molecule has 7 heteroatoms. The number of carbonyl (C=O) groups is 1. The second-order valence-corrected chi connectivity index (χ2v) is 10.4. The average Bonchev–Trinajstić information content (AvgIpc) is 2.77. The van der Waals surface area contributed by atoms with E-state index in [-0.39, 0.29) is 24.1 Å². The number of H-pyrrole nitrogens is 1. The van der Waals surface area contributed by atoms with E-state index in [1.54, 1.807) is 6.07 Å². The van der Waals surface area contributed by atoms with Gasteiger partial charge in [0.15, 0.2) is 0 Å². The highest BCUT2D eigenvalue weighted by Gasteiger charge is 2.27. The molecule has 1 fully saturated rings. The number of amides is 1. The van der Waals surface area contributed by atoms with Crippen LogP contribution in [0.1, 0.15) is 72.3 Å². The Morgan fingerprint density at radius 2 is 1.82 bits per heavy atom. The highest BCUT2D eigenvalue weighted by Crippen LogP contribution is 2.32. The lowest BCUT2D eigenvalue weighted by atomic mass is 9.81. The van der Waals surface area contributed by atoms with Gasteiger partial charge in [-0.2, -0.15) is 0 Å². The Balaban J connectivity index is 1.75. The Kier molecular flexibility index (Phi) is 8.83. The van der Waals surface area contributed by atoms with Gasteiger partial charge >= 0.3 is 0 Å². The molecule has 0 aliphatic heterocycles. The van der Waals surface area contributed by atoms with Crippen LogP contribution >= 0.6 is 11.6 Å². The minimum atomic E-state index is -0.221. The Labute approximate surface area is 208 Å². The Morgan fingerprint density at radius 3 is 2.41 bits per heavy atom. The summed E-state index contributed by atoms with van der Waals surface area (Å²) in [6.07, 6.45) is 5.51. The number of aryl methyl sites for hydroxylation is 2. The number of benzene rings is 1. The minimum Gasteiger partial charge on any atom is -0.382 e. The molecule has 1 aliphatic carbocycles. The molecular formula is C27H39ClN4O2. The lowest BCUT2D eigenvalue weighted by Crippen LogP contribution is -2.36. The third-order valence-corrected chi connectivity index (χ3v) is 7.51. The first-order valence-electron chi connectivity index (χ1n) is 12.3. The zero-order valence-electron chi connectivity index (χ0n) is 21.3. The van der Waals surface area contributed by atoms with Gasteiger partial charge < -0.3 is 20.5 Å². The van der Waals surface area contributed by atoms with Gasteiger partial charge in [0.25, 0.3) is 11.5 Å². The van der Waals surface area contributed by atoms with Gasteiger partial charge in [-0.15, -0.1) is 0 Å². The molecule has 0 spiro atoms. The van der Waals surface area contributed by atoms with Gasteiger partial charge in [0, 0.05) is 46.2 Å². The fraction of sp³-hybridized carbons (Fsp3) is 0.556. The molecular weight excluding hydrogens is 448 g/mol. The lowest BCUT2D eigenvalue weighted by molar-refractivity contribution is 0.0950. The molecule has 6 nitrogen and oxygen atoms in total. The summed E-state index contributed by atoms with van der Waals surface area (Å²) in [5.41, 5.74) is 4.50. The van der Waals surface area contributed by atoms with E-state index in [0.717, 1.165) is 22.5 Å². The van der Waals surface area contributed by atoms with E-state index < -0.39 is 0 Å². The van der Waals surface area contributed by atoms with Crippen LogP contribution in [0.2, 0.25) is 5.02 Å². The molecule has 1 aliphatic rings. The molecule has 1 saturated carbocycles. The molecule has 1 aromatic carbocycles. The second-order valence-electron chi connectivity index (χ2n) is 9.92. The second kappa shape index (κ2) is 11.4. The number of nitrogens with one attached hydrogen (secondary N) is 3. The first kappa shape index (κ1) is 26.3. The summed E-state index contributed by atoms with van der Waals surface area (Å²) in [6.45, 7) is 8.18. The van der Waals surface area contributed by atoms with Crippen molar-refractivity contribution in [1.29, 1.82) is 0 Å². The van der Waals surface area contributed by atoms with Crippen LogP contribution in [0, 0.1) is 19.8 Å². The molecule has 3 N–H and O–H groups in total. The number of rotatable bonds is 8. The third-order valence-electron chi connectivity index (χ3n) is 7.29. The maximum atomic E-state index is 13.2. The summed E-state index contributed by atoms with van der Waals surface area (Å²) in [7, 11) is 4.32. The number of halogens is 1. The molecule has 1 unspecified atom stereocenters. The van der Waals surface area contributed by atoms with Gasteiger partial charge in [0.2, 0.25) is 0 Å². The van der Waals surface area contributed by atoms with Crippen molar-refractivity contribution in [1.82, 2.24) is 15.2 Å². The van der Waals surface area contributed by atoms with E-state index in [1.807, 2.05) is 32.9 Å². The van der Waals surface area contributed by atoms with Gasteiger partial charge in [-0.25, -0.2) is 0 Å². The number of pyridine rings is 1. The molecule has 1 amide bonds. The highest BCUT2D eigenvalue weighted by atomic mass is 35.5. The fourth-order valence-electron chi connectivity index (χ4n) is 5.20. The van der Waals surface area contributed by atoms with E-state index in [4.69, 9.17) is 11.6 Å². The van der Waals surface area contributed by atoms with Crippen molar-refractivity contribution in [3.05, 3.63) is 61.5 Å². The van der Waals surface area contributed by atoms with E-state index in [0.29, 0.717) is 34.5 Å². The van der Waals surface area contributed by atoms with Crippen LogP contribution in [0.25, 0.3) is 0 Å². The fourth-order valence-corrected chi connectivity index (χ4v) is 5.41. The zero-order valence-corrected chi connectivity index (χ0v) is 22.1. The highest BCUT2D eigenvalue weighted by molar-refractivity contribution is 6.31. The number of hydrogen-bond donors (Lipinski definition) is 3. The Hall–Kier alpha value is -2.31. The molecule has 186 valence electrons. The summed E-state index contributed by atoms with van der Waals surface area (Å²) >= 11 is 6.45. The molecule has 3 rings (SSSR count). The van der Waals surface area contributed by atoms with Crippen molar-refractivity contribution in [2.45, 2.75) is 78.4 Å².